The zero-order valence-electron chi connectivity index (χ0n) is 20.3. The number of hydrogen-bond donors (Lipinski definition) is 2. The minimum Gasteiger partial charge on any atom is -0.379 e. The minimum atomic E-state index is -0.135. The summed E-state index contributed by atoms with van der Waals surface area (Å²) in [5.41, 5.74) is 0. The van der Waals surface area contributed by atoms with Gasteiger partial charge in [0.1, 0.15) is 5.78 Å². The maximum absolute atomic E-state index is 11.9. The van der Waals surface area contributed by atoms with Crippen molar-refractivity contribution in [1.82, 2.24) is 15.5 Å². The molecule has 11 heteroatoms. The number of ketones is 1. The SMILES string of the molecule is CNC(=O)CCCC(=O)N(C)CCOCCOCCOCCOCCC(=O)NCCC(C)=O. The van der Waals surface area contributed by atoms with Gasteiger partial charge in [0.15, 0.2) is 0 Å². The van der Waals surface area contributed by atoms with E-state index in [0.29, 0.717) is 91.6 Å². The van der Waals surface area contributed by atoms with Gasteiger partial charge in [0.05, 0.1) is 52.9 Å². The van der Waals surface area contributed by atoms with Gasteiger partial charge in [0.25, 0.3) is 0 Å². The molecule has 0 saturated heterocycles. The lowest BCUT2D eigenvalue weighted by Crippen LogP contribution is -2.30. The molecule has 0 aromatic heterocycles. The average molecular weight is 476 g/mol. The topological polar surface area (TPSA) is 132 Å². The first kappa shape index (κ1) is 30.9. The summed E-state index contributed by atoms with van der Waals surface area (Å²) in [6.07, 6.45) is 1.82. The number of rotatable bonds is 22. The zero-order valence-corrected chi connectivity index (χ0v) is 20.3. The molecule has 11 nitrogen and oxygen atoms in total. The highest BCUT2D eigenvalue weighted by Gasteiger charge is 2.09. The monoisotopic (exact) mass is 475 g/mol. The fourth-order valence-corrected chi connectivity index (χ4v) is 2.44. The molecule has 0 rings (SSSR count). The van der Waals surface area contributed by atoms with E-state index in [9.17, 15) is 19.2 Å². The summed E-state index contributed by atoms with van der Waals surface area (Å²) >= 11 is 0. The summed E-state index contributed by atoms with van der Waals surface area (Å²) in [7, 11) is 3.29. The Labute approximate surface area is 196 Å². The molecule has 0 aliphatic heterocycles. The molecule has 192 valence electrons. The van der Waals surface area contributed by atoms with E-state index in [-0.39, 0.29) is 29.9 Å². The van der Waals surface area contributed by atoms with Gasteiger partial charge < -0.3 is 34.5 Å². The Morgan fingerprint density at radius 2 is 1.24 bits per heavy atom. The lowest BCUT2D eigenvalue weighted by molar-refractivity contribution is -0.131. The van der Waals surface area contributed by atoms with Gasteiger partial charge in [-0.2, -0.15) is 0 Å². The van der Waals surface area contributed by atoms with E-state index >= 15 is 0 Å². The Hall–Kier alpha value is -2.08. The van der Waals surface area contributed by atoms with Crippen molar-refractivity contribution in [1.29, 1.82) is 0 Å². The van der Waals surface area contributed by atoms with Gasteiger partial charge in [-0.1, -0.05) is 0 Å². The molecule has 0 aromatic rings. The third kappa shape index (κ3) is 21.5. The molecule has 0 aromatic carbocycles. The summed E-state index contributed by atoms with van der Waals surface area (Å²) in [4.78, 5) is 46.9. The first-order valence-electron chi connectivity index (χ1n) is 11.4. The van der Waals surface area contributed by atoms with Gasteiger partial charge in [-0.25, -0.2) is 0 Å². The summed E-state index contributed by atoms with van der Waals surface area (Å²) in [6.45, 7) is 5.59. The van der Waals surface area contributed by atoms with Crippen LogP contribution in [0, 0.1) is 0 Å². The van der Waals surface area contributed by atoms with Crippen LogP contribution in [0.25, 0.3) is 0 Å². The van der Waals surface area contributed by atoms with Crippen molar-refractivity contribution in [2.24, 2.45) is 0 Å². The number of carbonyl (C=O) groups excluding carboxylic acids is 4. The Kier molecular flexibility index (Phi) is 20.4. The van der Waals surface area contributed by atoms with E-state index in [1.54, 1.807) is 19.0 Å². The summed E-state index contributed by atoms with van der Waals surface area (Å²) in [6, 6.07) is 0. The molecule has 33 heavy (non-hydrogen) atoms. The number of nitrogens with one attached hydrogen (secondary N) is 2. The number of carbonyl (C=O) groups is 4. The maximum Gasteiger partial charge on any atom is 0.222 e. The predicted octanol–water partition coefficient (Wildman–Crippen LogP) is -0.0871. The van der Waals surface area contributed by atoms with Crippen molar-refractivity contribution in [2.45, 2.75) is 39.0 Å². The first-order chi connectivity index (χ1) is 15.9. The fraction of sp³-hybridized carbons (Fsp3) is 0.818. The van der Waals surface area contributed by atoms with Crippen molar-refractivity contribution in [3.8, 4) is 0 Å². The minimum absolute atomic E-state index is 0.00666. The number of nitrogens with zero attached hydrogens (tertiary/aromatic N) is 1. The number of ether oxygens (including phenoxy) is 4. The second kappa shape index (κ2) is 21.7. The van der Waals surface area contributed by atoms with Crippen molar-refractivity contribution in [3.63, 3.8) is 0 Å². The average Bonchev–Trinajstić information content (AvgIpc) is 2.78. The molecular formula is C22H41N3O8. The van der Waals surface area contributed by atoms with Crippen LogP contribution in [-0.2, 0) is 38.1 Å². The maximum atomic E-state index is 11.9. The van der Waals surface area contributed by atoms with Gasteiger partial charge in [0, 0.05) is 52.9 Å². The third-order valence-electron chi connectivity index (χ3n) is 4.46. The quantitative estimate of drug-likeness (QED) is 0.208. The Balaban J connectivity index is 3.35. The van der Waals surface area contributed by atoms with E-state index in [1.165, 1.54) is 6.92 Å². The van der Waals surface area contributed by atoms with E-state index in [4.69, 9.17) is 18.9 Å². The van der Waals surface area contributed by atoms with E-state index in [1.807, 2.05) is 0 Å². The smallest absolute Gasteiger partial charge is 0.222 e. The predicted molar refractivity (Wildman–Crippen MR) is 122 cm³/mol. The van der Waals surface area contributed by atoms with Crippen LogP contribution < -0.4 is 10.6 Å². The summed E-state index contributed by atoms with van der Waals surface area (Å²) in [5.74, 6) is -0.159. The van der Waals surface area contributed by atoms with Crippen LogP contribution in [0.2, 0.25) is 0 Å². The summed E-state index contributed by atoms with van der Waals surface area (Å²) < 4.78 is 21.5. The van der Waals surface area contributed by atoms with Crippen molar-refractivity contribution in [3.05, 3.63) is 0 Å². The highest BCUT2D eigenvalue weighted by atomic mass is 16.6. The number of hydrogen-bond acceptors (Lipinski definition) is 8. The van der Waals surface area contributed by atoms with Crippen LogP contribution in [0.15, 0.2) is 0 Å². The third-order valence-corrected chi connectivity index (χ3v) is 4.46. The van der Waals surface area contributed by atoms with Crippen LogP contribution in [0.3, 0.4) is 0 Å². The molecular weight excluding hydrogens is 434 g/mol. The number of Topliss-reactive ketones (excluding diaryl/α,β-unsaturated/α-hetero) is 1. The molecule has 0 heterocycles. The van der Waals surface area contributed by atoms with Crippen LogP contribution in [0.4, 0.5) is 0 Å². The van der Waals surface area contributed by atoms with E-state index in [0.717, 1.165) is 0 Å². The molecule has 0 spiro atoms. The van der Waals surface area contributed by atoms with Crippen LogP contribution in [0.1, 0.15) is 39.0 Å². The van der Waals surface area contributed by atoms with Crippen LogP contribution >= 0.6 is 0 Å². The molecule has 0 aliphatic carbocycles. The van der Waals surface area contributed by atoms with Gasteiger partial charge in [-0.3, -0.25) is 19.2 Å². The molecule has 2 N–H and O–H groups in total. The first-order valence-corrected chi connectivity index (χ1v) is 11.4. The standard InChI is InChI=1S/C22H41N3O8/c1-19(26)7-9-24-21(28)8-11-30-13-15-32-17-18-33-16-14-31-12-10-25(3)22(29)6-4-5-20(27)23-2/h4-18H2,1-3H3,(H,23,27)(H,24,28). The van der Waals surface area contributed by atoms with Crippen LogP contribution in [0.5, 0.6) is 0 Å². The molecule has 0 atom stereocenters. The lowest BCUT2D eigenvalue weighted by atomic mass is 10.2. The lowest BCUT2D eigenvalue weighted by Gasteiger charge is -2.17. The van der Waals surface area contributed by atoms with Gasteiger partial charge >= 0.3 is 0 Å². The molecule has 0 bridgehead atoms. The van der Waals surface area contributed by atoms with E-state index in [2.05, 4.69) is 10.6 Å². The second-order valence-electron chi connectivity index (χ2n) is 7.34. The molecule has 0 radical (unpaired) electrons. The highest BCUT2D eigenvalue weighted by molar-refractivity contribution is 5.79. The largest absolute Gasteiger partial charge is 0.379 e. The van der Waals surface area contributed by atoms with Gasteiger partial charge in [-0.05, 0) is 13.3 Å². The molecule has 0 saturated carbocycles. The zero-order chi connectivity index (χ0) is 24.7. The van der Waals surface area contributed by atoms with Crippen molar-refractivity contribution in [2.75, 3.05) is 80.0 Å². The number of amides is 3. The van der Waals surface area contributed by atoms with Crippen LogP contribution in [-0.4, -0.2) is 108 Å². The van der Waals surface area contributed by atoms with Crippen molar-refractivity contribution >= 4 is 23.5 Å². The Bertz CT molecular complexity index is 560. The fourth-order valence-electron chi connectivity index (χ4n) is 2.44. The van der Waals surface area contributed by atoms with Crippen molar-refractivity contribution < 1.29 is 38.1 Å². The van der Waals surface area contributed by atoms with E-state index < -0.39 is 0 Å². The Morgan fingerprint density at radius 3 is 1.79 bits per heavy atom. The van der Waals surface area contributed by atoms with Gasteiger partial charge in [-0.15, -0.1) is 0 Å². The van der Waals surface area contributed by atoms with Gasteiger partial charge in [0.2, 0.25) is 17.7 Å². The summed E-state index contributed by atoms with van der Waals surface area (Å²) in [5, 5.41) is 5.18. The number of likely N-dealkylation sites (N-methyl/N-ethyl adjacent to an activating group) is 1. The molecule has 0 fully saturated rings. The Morgan fingerprint density at radius 1 is 0.697 bits per heavy atom. The highest BCUT2D eigenvalue weighted by Crippen LogP contribution is 1.99. The molecule has 3 amide bonds. The normalized spacial score (nSPS) is 10.6. The molecule has 0 aliphatic rings. The second-order valence-corrected chi connectivity index (χ2v) is 7.34. The molecule has 0 unspecified atom stereocenters.